The monoisotopic (exact) mass is 220 g/mol. The van der Waals surface area contributed by atoms with Crippen LogP contribution in [0.5, 0.6) is 0 Å². The molecule has 82 valence electrons. The summed E-state index contributed by atoms with van der Waals surface area (Å²) < 4.78 is 0. The van der Waals surface area contributed by atoms with E-state index in [1.54, 1.807) is 0 Å². The van der Waals surface area contributed by atoms with Gasteiger partial charge in [0.1, 0.15) is 0 Å². The lowest BCUT2D eigenvalue weighted by molar-refractivity contribution is 1.50. The van der Waals surface area contributed by atoms with Crippen LogP contribution in [0.4, 0.5) is 11.4 Å². The van der Waals surface area contributed by atoms with Crippen molar-refractivity contribution in [1.29, 1.82) is 0 Å². The van der Waals surface area contributed by atoms with E-state index in [0.29, 0.717) is 0 Å². The fraction of sp³-hybridized carbons (Fsp3) is 0. The van der Waals surface area contributed by atoms with Crippen molar-refractivity contribution in [3.8, 4) is 0 Å². The summed E-state index contributed by atoms with van der Waals surface area (Å²) in [5.41, 5.74) is 4.24. The summed E-state index contributed by atoms with van der Waals surface area (Å²) in [6.07, 6.45) is 3.83. The number of hydrogen-bond donors (Lipinski definition) is 1. The Morgan fingerprint density at radius 2 is 1.59 bits per heavy atom. The standard InChI is InChI=1S/C15H12N2/c1-2-6-12(7-3-1)13-10-11-16-14-8-4-5-9-15(14)17-13/h1-11,17H. The Morgan fingerprint density at radius 1 is 0.824 bits per heavy atom. The summed E-state index contributed by atoms with van der Waals surface area (Å²) in [6.45, 7) is 0. The van der Waals surface area contributed by atoms with Gasteiger partial charge in [0, 0.05) is 11.9 Å². The van der Waals surface area contributed by atoms with Crippen molar-refractivity contribution < 1.29 is 0 Å². The number of allylic oxidation sites excluding steroid dienone is 1. The first-order chi connectivity index (χ1) is 8.43. The molecule has 0 aliphatic carbocycles. The third-order valence-electron chi connectivity index (χ3n) is 2.71. The van der Waals surface area contributed by atoms with Gasteiger partial charge < -0.3 is 5.32 Å². The maximum Gasteiger partial charge on any atom is 0.0864 e. The minimum absolute atomic E-state index is 0.967. The molecule has 0 aromatic heterocycles. The molecule has 2 aromatic carbocycles. The first-order valence-corrected chi connectivity index (χ1v) is 5.59. The second kappa shape index (κ2) is 4.26. The number of nitrogens with one attached hydrogen (secondary N) is 1. The van der Waals surface area contributed by atoms with Gasteiger partial charge in [0.15, 0.2) is 0 Å². The number of anilines is 1. The SMILES string of the molecule is C1=Nc2ccccc2NC(c2ccccc2)=C1. The zero-order chi connectivity index (χ0) is 11.5. The van der Waals surface area contributed by atoms with Gasteiger partial charge in [0.05, 0.1) is 11.4 Å². The molecule has 0 saturated carbocycles. The van der Waals surface area contributed by atoms with Crippen LogP contribution in [0.2, 0.25) is 0 Å². The van der Waals surface area contributed by atoms with Crippen molar-refractivity contribution in [3.63, 3.8) is 0 Å². The Bertz CT molecular complexity index is 583. The second-order valence-corrected chi connectivity index (χ2v) is 3.87. The molecule has 0 unspecified atom stereocenters. The molecule has 2 nitrogen and oxygen atoms in total. The van der Waals surface area contributed by atoms with Gasteiger partial charge in [0.25, 0.3) is 0 Å². The molecule has 1 N–H and O–H groups in total. The van der Waals surface area contributed by atoms with Gasteiger partial charge in [0.2, 0.25) is 0 Å². The predicted molar refractivity (Wildman–Crippen MR) is 72.6 cm³/mol. The van der Waals surface area contributed by atoms with Crippen LogP contribution in [0.3, 0.4) is 0 Å². The molecular weight excluding hydrogens is 208 g/mol. The molecule has 0 radical (unpaired) electrons. The van der Waals surface area contributed by atoms with Crippen LogP contribution in [0, 0.1) is 0 Å². The van der Waals surface area contributed by atoms with E-state index in [0.717, 1.165) is 22.6 Å². The molecule has 0 saturated heterocycles. The summed E-state index contributed by atoms with van der Waals surface area (Å²) in [6, 6.07) is 18.3. The molecule has 17 heavy (non-hydrogen) atoms. The number of benzene rings is 2. The van der Waals surface area contributed by atoms with Gasteiger partial charge >= 0.3 is 0 Å². The van der Waals surface area contributed by atoms with Crippen LogP contribution in [0.15, 0.2) is 65.7 Å². The fourth-order valence-corrected chi connectivity index (χ4v) is 1.86. The minimum atomic E-state index is 0.967. The van der Waals surface area contributed by atoms with Crippen molar-refractivity contribution in [2.45, 2.75) is 0 Å². The van der Waals surface area contributed by atoms with Crippen molar-refractivity contribution in [2.24, 2.45) is 4.99 Å². The van der Waals surface area contributed by atoms with Gasteiger partial charge in [-0.05, 0) is 23.8 Å². The summed E-state index contributed by atoms with van der Waals surface area (Å²) in [4.78, 5) is 4.40. The van der Waals surface area contributed by atoms with E-state index in [2.05, 4.69) is 22.4 Å². The first-order valence-electron chi connectivity index (χ1n) is 5.59. The molecular formula is C15H12N2. The van der Waals surface area contributed by atoms with E-state index >= 15 is 0 Å². The van der Waals surface area contributed by atoms with Gasteiger partial charge in [-0.2, -0.15) is 0 Å². The Labute approximate surface area is 100 Å². The Balaban J connectivity index is 2.02. The zero-order valence-corrected chi connectivity index (χ0v) is 9.30. The number of rotatable bonds is 1. The zero-order valence-electron chi connectivity index (χ0n) is 9.30. The first kappa shape index (κ1) is 9.85. The Kier molecular flexibility index (Phi) is 2.47. The third kappa shape index (κ3) is 1.97. The molecule has 1 aliphatic heterocycles. The van der Waals surface area contributed by atoms with Crippen molar-refractivity contribution in [3.05, 3.63) is 66.2 Å². The van der Waals surface area contributed by atoms with Crippen LogP contribution in [-0.4, -0.2) is 6.21 Å². The van der Waals surface area contributed by atoms with Gasteiger partial charge in [-0.3, -0.25) is 4.99 Å². The minimum Gasteiger partial charge on any atom is -0.353 e. The molecule has 2 aromatic rings. The predicted octanol–water partition coefficient (Wildman–Crippen LogP) is 3.86. The normalized spacial score (nSPS) is 13.3. The van der Waals surface area contributed by atoms with Crippen LogP contribution in [-0.2, 0) is 0 Å². The smallest absolute Gasteiger partial charge is 0.0864 e. The van der Waals surface area contributed by atoms with E-state index in [1.165, 1.54) is 0 Å². The highest BCUT2D eigenvalue weighted by atomic mass is 14.9. The van der Waals surface area contributed by atoms with Crippen molar-refractivity contribution >= 4 is 23.3 Å². The average Bonchev–Trinajstić information content (AvgIpc) is 2.62. The molecule has 2 heteroatoms. The molecule has 1 heterocycles. The van der Waals surface area contributed by atoms with E-state index in [9.17, 15) is 0 Å². The van der Waals surface area contributed by atoms with E-state index in [1.807, 2.05) is 54.8 Å². The Hall–Kier alpha value is -2.35. The quantitative estimate of drug-likeness (QED) is 0.775. The number of aliphatic imine (C=N–C) groups is 1. The van der Waals surface area contributed by atoms with Crippen LogP contribution >= 0.6 is 0 Å². The molecule has 0 amide bonds. The molecule has 0 bridgehead atoms. The lowest BCUT2D eigenvalue weighted by Gasteiger charge is -2.10. The molecule has 1 aliphatic rings. The van der Waals surface area contributed by atoms with Crippen LogP contribution in [0.1, 0.15) is 5.56 Å². The lowest BCUT2D eigenvalue weighted by Crippen LogP contribution is -1.97. The highest BCUT2D eigenvalue weighted by molar-refractivity contribution is 5.95. The van der Waals surface area contributed by atoms with E-state index in [4.69, 9.17) is 0 Å². The maximum absolute atomic E-state index is 4.40. The number of para-hydroxylation sites is 2. The topological polar surface area (TPSA) is 24.4 Å². The van der Waals surface area contributed by atoms with E-state index < -0.39 is 0 Å². The van der Waals surface area contributed by atoms with Gasteiger partial charge in [-0.15, -0.1) is 0 Å². The summed E-state index contributed by atoms with van der Waals surface area (Å²) >= 11 is 0. The summed E-state index contributed by atoms with van der Waals surface area (Å²) in [5, 5.41) is 3.41. The molecule has 0 fully saturated rings. The second-order valence-electron chi connectivity index (χ2n) is 3.87. The van der Waals surface area contributed by atoms with Crippen molar-refractivity contribution in [2.75, 3.05) is 5.32 Å². The van der Waals surface area contributed by atoms with E-state index in [-0.39, 0.29) is 0 Å². The molecule has 0 spiro atoms. The molecule has 3 rings (SSSR count). The largest absolute Gasteiger partial charge is 0.353 e. The van der Waals surface area contributed by atoms with Gasteiger partial charge in [-0.25, -0.2) is 0 Å². The van der Waals surface area contributed by atoms with Gasteiger partial charge in [-0.1, -0.05) is 42.5 Å². The van der Waals surface area contributed by atoms with Crippen LogP contribution < -0.4 is 5.32 Å². The summed E-state index contributed by atoms with van der Waals surface area (Å²) in [5.74, 6) is 0. The Morgan fingerprint density at radius 3 is 2.47 bits per heavy atom. The highest BCUT2D eigenvalue weighted by Crippen LogP contribution is 2.29. The van der Waals surface area contributed by atoms with Crippen molar-refractivity contribution in [1.82, 2.24) is 0 Å². The highest BCUT2D eigenvalue weighted by Gasteiger charge is 2.06. The number of nitrogens with zero attached hydrogens (tertiary/aromatic N) is 1. The third-order valence-corrected chi connectivity index (χ3v) is 2.71. The fourth-order valence-electron chi connectivity index (χ4n) is 1.86. The maximum atomic E-state index is 4.40. The summed E-state index contributed by atoms with van der Waals surface area (Å²) in [7, 11) is 0. The lowest BCUT2D eigenvalue weighted by atomic mass is 10.1. The number of hydrogen-bond acceptors (Lipinski definition) is 2. The average molecular weight is 220 g/mol. The number of fused-ring (bicyclic) bond motifs is 1. The van der Waals surface area contributed by atoms with Crippen LogP contribution in [0.25, 0.3) is 5.70 Å². The molecule has 0 atom stereocenters.